The number of nitrogens with two attached hydrogens (primary N) is 1. The van der Waals surface area contributed by atoms with Gasteiger partial charge in [0.1, 0.15) is 0 Å². The topological polar surface area (TPSA) is 38.5 Å². The summed E-state index contributed by atoms with van der Waals surface area (Å²) in [6, 6.07) is 1.12. The van der Waals surface area contributed by atoms with Crippen LogP contribution in [0.25, 0.3) is 0 Å². The lowest BCUT2D eigenvalue weighted by Crippen LogP contribution is -2.47. The van der Waals surface area contributed by atoms with Crippen LogP contribution < -0.4 is 5.73 Å². The van der Waals surface area contributed by atoms with Crippen molar-refractivity contribution < 1.29 is 4.74 Å². The zero-order valence-corrected chi connectivity index (χ0v) is 12.1. The van der Waals surface area contributed by atoms with Gasteiger partial charge in [-0.2, -0.15) is 0 Å². The van der Waals surface area contributed by atoms with E-state index in [1.54, 1.807) is 0 Å². The van der Waals surface area contributed by atoms with Crippen molar-refractivity contribution in [1.29, 1.82) is 0 Å². The average Bonchev–Trinajstić information content (AvgIpc) is 2.82. The van der Waals surface area contributed by atoms with E-state index in [0.29, 0.717) is 18.2 Å². The first-order valence-electron chi connectivity index (χ1n) is 7.76. The predicted octanol–water partition coefficient (Wildman–Crippen LogP) is 2.39. The monoisotopic (exact) mass is 254 g/mol. The van der Waals surface area contributed by atoms with Crippen molar-refractivity contribution >= 4 is 0 Å². The summed E-state index contributed by atoms with van der Waals surface area (Å²) in [5.74, 6) is 0.910. The quantitative estimate of drug-likeness (QED) is 0.819. The van der Waals surface area contributed by atoms with Crippen molar-refractivity contribution in [1.82, 2.24) is 4.90 Å². The molecule has 0 spiro atoms. The average molecular weight is 254 g/mol. The number of rotatable bonds is 5. The smallest absolute Gasteiger partial charge is 0.0703 e. The molecule has 1 saturated heterocycles. The second-order valence-electron chi connectivity index (χ2n) is 6.23. The first-order valence-corrected chi connectivity index (χ1v) is 7.76. The molecular formula is C15H30N2O. The SMILES string of the molecule is CC1OCCC1N(C)C(CN)CC1CCCCC1. The van der Waals surface area contributed by atoms with Gasteiger partial charge in [0.15, 0.2) is 0 Å². The van der Waals surface area contributed by atoms with Gasteiger partial charge >= 0.3 is 0 Å². The summed E-state index contributed by atoms with van der Waals surface area (Å²) in [5, 5.41) is 0. The molecule has 0 radical (unpaired) electrons. The van der Waals surface area contributed by atoms with Crippen molar-refractivity contribution in [2.24, 2.45) is 11.7 Å². The fourth-order valence-corrected chi connectivity index (χ4v) is 3.76. The second kappa shape index (κ2) is 6.88. The maximum atomic E-state index is 6.02. The van der Waals surface area contributed by atoms with Crippen LogP contribution >= 0.6 is 0 Å². The van der Waals surface area contributed by atoms with Gasteiger partial charge in [0.25, 0.3) is 0 Å². The summed E-state index contributed by atoms with van der Waals surface area (Å²) >= 11 is 0. The summed E-state index contributed by atoms with van der Waals surface area (Å²) in [7, 11) is 2.25. The number of nitrogens with zero attached hydrogens (tertiary/aromatic N) is 1. The van der Waals surface area contributed by atoms with E-state index in [4.69, 9.17) is 10.5 Å². The van der Waals surface area contributed by atoms with Crippen LogP contribution in [0.4, 0.5) is 0 Å². The summed E-state index contributed by atoms with van der Waals surface area (Å²) in [6.45, 7) is 3.90. The Bertz CT molecular complexity index is 241. The summed E-state index contributed by atoms with van der Waals surface area (Å²) in [4.78, 5) is 2.51. The standard InChI is InChI=1S/C15H30N2O/c1-12-15(8-9-18-12)17(2)14(11-16)10-13-6-4-3-5-7-13/h12-15H,3-11,16H2,1-2H3. The Kier molecular flexibility index (Phi) is 5.46. The van der Waals surface area contributed by atoms with Crippen molar-refractivity contribution in [3.8, 4) is 0 Å². The van der Waals surface area contributed by atoms with Crippen molar-refractivity contribution in [2.45, 2.75) is 70.1 Å². The van der Waals surface area contributed by atoms with Crippen molar-refractivity contribution in [3.63, 3.8) is 0 Å². The molecule has 0 aromatic heterocycles. The Morgan fingerprint density at radius 1 is 1.22 bits per heavy atom. The van der Waals surface area contributed by atoms with Crippen LogP contribution in [-0.2, 0) is 4.74 Å². The molecule has 2 N–H and O–H groups in total. The molecule has 2 fully saturated rings. The molecule has 0 bridgehead atoms. The Morgan fingerprint density at radius 2 is 1.94 bits per heavy atom. The Labute approximate surface area is 112 Å². The number of hydrogen-bond donors (Lipinski definition) is 1. The van der Waals surface area contributed by atoms with E-state index in [1.807, 2.05) is 0 Å². The minimum Gasteiger partial charge on any atom is -0.377 e. The summed E-state index contributed by atoms with van der Waals surface area (Å²) in [5.41, 5.74) is 6.02. The van der Waals surface area contributed by atoms with E-state index < -0.39 is 0 Å². The molecule has 3 heteroatoms. The number of hydrogen-bond acceptors (Lipinski definition) is 3. The van der Waals surface area contributed by atoms with Gasteiger partial charge in [-0.3, -0.25) is 4.90 Å². The molecule has 1 aliphatic heterocycles. The zero-order valence-electron chi connectivity index (χ0n) is 12.1. The molecule has 0 aromatic rings. The lowest BCUT2D eigenvalue weighted by molar-refractivity contribution is 0.0616. The molecule has 3 atom stereocenters. The van der Waals surface area contributed by atoms with Gasteiger partial charge in [0.05, 0.1) is 6.10 Å². The highest BCUT2D eigenvalue weighted by Gasteiger charge is 2.32. The minimum absolute atomic E-state index is 0.371. The van der Waals surface area contributed by atoms with Crippen LogP contribution in [0.1, 0.15) is 51.9 Å². The third-order valence-electron chi connectivity index (χ3n) is 5.04. The van der Waals surface area contributed by atoms with Crippen LogP contribution in [0.15, 0.2) is 0 Å². The van der Waals surface area contributed by atoms with Gasteiger partial charge < -0.3 is 10.5 Å². The molecule has 3 nitrogen and oxygen atoms in total. The van der Waals surface area contributed by atoms with Crippen molar-refractivity contribution in [3.05, 3.63) is 0 Å². The van der Waals surface area contributed by atoms with Crippen LogP contribution in [0, 0.1) is 5.92 Å². The minimum atomic E-state index is 0.371. The van der Waals surface area contributed by atoms with Gasteiger partial charge in [-0.25, -0.2) is 0 Å². The maximum Gasteiger partial charge on any atom is 0.0703 e. The third-order valence-corrected chi connectivity index (χ3v) is 5.04. The molecule has 3 unspecified atom stereocenters. The van der Waals surface area contributed by atoms with E-state index >= 15 is 0 Å². The van der Waals surface area contributed by atoms with E-state index in [-0.39, 0.29) is 0 Å². The molecule has 106 valence electrons. The van der Waals surface area contributed by atoms with Crippen LogP contribution in [0.3, 0.4) is 0 Å². The normalized spacial score (nSPS) is 32.0. The Balaban J connectivity index is 1.86. The molecule has 1 aliphatic carbocycles. The van der Waals surface area contributed by atoms with Gasteiger partial charge in [0, 0.05) is 25.2 Å². The number of likely N-dealkylation sites (N-methyl/N-ethyl adjacent to an activating group) is 1. The molecule has 2 aliphatic rings. The molecule has 0 amide bonds. The van der Waals surface area contributed by atoms with E-state index in [2.05, 4.69) is 18.9 Å². The van der Waals surface area contributed by atoms with Crippen LogP contribution in [0.5, 0.6) is 0 Å². The van der Waals surface area contributed by atoms with Gasteiger partial charge in [-0.1, -0.05) is 32.1 Å². The highest BCUT2D eigenvalue weighted by Crippen LogP contribution is 2.30. The van der Waals surface area contributed by atoms with Gasteiger partial charge in [-0.15, -0.1) is 0 Å². The second-order valence-corrected chi connectivity index (χ2v) is 6.23. The predicted molar refractivity (Wildman–Crippen MR) is 75.6 cm³/mol. The first-order chi connectivity index (χ1) is 8.72. The van der Waals surface area contributed by atoms with E-state index in [0.717, 1.165) is 19.1 Å². The Hall–Kier alpha value is -0.120. The summed E-state index contributed by atoms with van der Waals surface area (Å²) < 4.78 is 5.69. The van der Waals surface area contributed by atoms with E-state index in [9.17, 15) is 0 Å². The highest BCUT2D eigenvalue weighted by atomic mass is 16.5. The lowest BCUT2D eigenvalue weighted by atomic mass is 9.84. The fraction of sp³-hybridized carbons (Fsp3) is 1.00. The zero-order chi connectivity index (χ0) is 13.0. The fourth-order valence-electron chi connectivity index (χ4n) is 3.76. The first kappa shape index (κ1) is 14.3. The third kappa shape index (κ3) is 3.46. The van der Waals surface area contributed by atoms with Gasteiger partial charge in [0.2, 0.25) is 0 Å². The van der Waals surface area contributed by atoms with Crippen molar-refractivity contribution in [2.75, 3.05) is 20.2 Å². The summed E-state index contributed by atoms with van der Waals surface area (Å²) in [6.07, 6.45) is 9.95. The van der Waals surface area contributed by atoms with Gasteiger partial charge in [-0.05, 0) is 32.7 Å². The van der Waals surface area contributed by atoms with E-state index in [1.165, 1.54) is 44.9 Å². The molecule has 0 aromatic carbocycles. The molecule has 1 saturated carbocycles. The molecular weight excluding hydrogens is 224 g/mol. The number of ether oxygens (including phenoxy) is 1. The Morgan fingerprint density at radius 3 is 2.50 bits per heavy atom. The highest BCUT2D eigenvalue weighted by molar-refractivity contribution is 4.86. The van der Waals surface area contributed by atoms with Crippen LogP contribution in [-0.4, -0.2) is 43.3 Å². The lowest BCUT2D eigenvalue weighted by Gasteiger charge is -2.36. The van der Waals surface area contributed by atoms with Crippen LogP contribution in [0.2, 0.25) is 0 Å². The maximum absolute atomic E-state index is 6.02. The molecule has 1 heterocycles. The largest absolute Gasteiger partial charge is 0.377 e. The molecule has 18 heavy (non-hydrogen) atoms. The molecule has 2 rings (SSSR count).